The molecule has 270 valence electrons. The normalized spacial score (nSPS) is 13.0. The fourth-order valence-electron chi connectivity index (χ4n) is 9.24. The molecule has 6 heterocycles. The Hall–Kier alpha value is -1.99. The van der Waals surface area contributed by atoms with Crippen molar-refractivity contribution in [3.63, 3.8) is 0 Å². The number of rotatable bonds is 8. The highest BCUT2D eigenvalue weighted by Gasteiger charge is 2.43. The zero-order valence-corrected chi connectivity index (χ0v) is 39.4. The molecule has 52 heavy (non-hydrogen) atoms. The summed E-state index contributed by atoms with van der Waals surface area (Å²) >= 11 is 11.4. The maximum atomic E-state index is 4.17. The summed E-state index contributed by atoms with van der Waals surface area (Å²) in [4.78, 5) is 5.39. The lowest BCUT2D eigenvalue weighted by molar-refractivity contribution is 0.838. The summed E-state index contributed by atoms with van der Waals surface area (Å²) in [7, 11) is -3.97. The van der Waals surface area contributed by atoms with Crippen LogP contribution in [0.4, 0.5) is 0 Å². The highest BCUT2D eigenvalue weighted by Crippen LogP contribution is 2.50. The standard InChI is InChI=1S/C44H50S6Si2/c1-25(2)51(26(3)4,27(5)6)19-15-31-33-21-39(41-23-37-35(47-41)13-17-45-37)50-44(33)32(16-20-52(28(7)8,29(9)10)30(11)12)34-22-40(49-43(31)34)42-24-38-36(48-42)14-18-46-38/h13-14,17-18,21-30H,1-12H3. The number of fused-ring (bicyclic) bond motifs is 4. The highest BCUT2D eigenvalue weighted by atomic mass is 32.1. The second-order valence-corrected chi connectivity index (χ2v) is 33.6. The van der Waals surface area contributed by atoms with E-state index in [0.717, 1.165) is 0 Å². The van der Waals surface area contributed by atoms with E-state index in [4.69, 9.17) is 0 Å². The van der Waals surface area contributed by atoms with Crippen LogP contribution in [-0.2, 0) is 0 Å². The van der Waals surface area contributed by atoms with E-state index < -0.39 is 16.1 Å². The maximum Gasteiger partial charge on any atom is 0.146 e. The Morgan fingerprint density at radius 3 is 1.06 bits per heavy atom. The van der Waals surface area contributed by atoms with Gasteiger partial charge in [-0.3, -0.25) is 0 Å². The lowest BCUT2D eigenvalue weighted by Crippen LogP contribution is -2.43. The smallest absolute Gasteiger partial charge is 0.143 e. The fourth-order valence-corrected chi connectivity index (χ4v) is 26.4. The molecule has 0 aliphatic carbocycles. The summed E-state index contributed by atoms with van der Waals surface area (Å²) < 4.78 is 8.14. The van der Waals surface area contributed by atoms with Gasteiger partial charge in [0.25, 0.3) is 0 Å². The van der Waals surface area contributed by atoms with E-state index in [1.165, 1.54) is 69.6 Å². The Bertz CT molecular complexity index is 2200. The number of thiophene rings is 6. The van der Waals surface area contributed by atoms with Gasteiger partial charge in [-0.05, 0) is 80.4 Å². The van der Waals surface area contributed by atoms with Gasteiger partial charge in [0.05, 0.1) is 20.5 Å². The molecule has 0 nitrogen and oxygen atoms in total. The summed E-state index contributed by atoms with van der Waals surface area (Å²) in [6.07, 6.45) is 0. The van der Waals surface area contributed by atoms with Gasteiger partial charge in [0.1, 0.15) is 16.1 Å². The van der Waals surface area contributed by atoms with Gasteiger partial charge in [0.2, 0.25) is 0 Å². The minimum atomic E-state index is -1.99. The summed E-state index contributed by atoms with van der Waals surface area (Å²) in [5, 5.41) is 7.02. The van der Waals surface area contributed by atoms with Gasteiger partial charge in [-0.1, -0.05) is 94.9 Å². The van der Waals surface area contributed by atoms with Gasteiger partial charge < -0.3 is 0 Å². The van der Waals surface area contributed by atoms with Crippen molar-refractivity contribution in [2.24, 2.45) is 0 Å². The van der Waals surface area contributed by atoms with E-state index in [-0.39, 0.29) is 0 Å². The van der Waals surface area contributed by atoms with Crippen LogP contribution in [0.15, 0.2) is 47.2 Å². The minimum Gasteiger partial charge on any atom is -0.143 e. The monoisotopic (exact) mass is 826 g/mol. The molecule has 7 aromatic rings. The first kappa shape index (κ1) is 38.3. The Morgan fingerprint density at radius 2 is 0.750 bits per heavy atom. The second-order valence-electron chi connectivity index (χ2n) is 16.3. The average molecular weight is 827 g/mol. The molecule has 0 saturated carbocycles. The van der Waals surface area contributed by atoms with Crippen LogP contribution < -0.4 is 0 Å². The van der Waals surface area contributed by atoms with Crippen LogP contribution in [0.3, 0.4) is 0 Å². The fraction of sp³-hybridized carbons (Fsp3) is 0.409. The van der Waals surface area contributed by atoms with Crippen LogP contribution in [0.5, 0.6) is 0 Å². The predicted molar refractivity (Wildman–Crippen MR) is 250 cm³/mol. The molecule has 0 unspecified atom stereocenters. The molecule has 0 N–H and O–H groups in total. The van der Waals surface area contributed by atoms with Crippen molar-refractivity contribution in [2.45, 2.75) is 116 Å². The van der Waals surface area contributed by atoms with Crippen molar-refractivity contribution in [2.75, 3.05) is 0 Å². The van der Waals surface area contributed by atoms with E-state index in [1.807, 2.05) is 68.0 Å². The summed E-state index contributed by atoms with van der Waals surface area (Å²) in [6.45, 7) is 29.1. The SMILES string of the molecule is CC(C)[Si](C#Cc1c2cc(-c3cc4sccc4s3)sc2c(C#C[Si](C(C)C)(C(C)C)C(C)C)c2cc(-c3cc4sccc4s3)sc12)(C(C)C)C(C)C. The largest absolute Gasteiger partial charge is 0.146 e. The zero-order valence-electron chi connectivity index (χ0n) is 32.5. The molecule has 8 heteroatoms. The molecule has 0 radical (unpaired) electrons. The Labute approximate surface area is 337 Å². The molecule has 1 aromatic carbocycles. The first-order chi connectivity index (χ1) is 24.7. The number of hydrogen-bond donors (Lipinski definition) is 0. The lowest BCUT2D eigenvalue weighted by Gasteiger charge is -2.38. The Kier molecular flexibility index (Phi) is 10.7. The quantitative estimate of drug-likeness (QED) is 0.106. The van der Waals surface area contributed by atoms with Crippen LogP contribution >= 0.6 is 68.0 Å². The molecule has 0 aliphatic heterocycles. The Morgan fingerprint density at radius 1 is 0.423 bits per heavy atom. The van der Waals surface area contributed by atoms with Crippen LogP contribution in [0, 0.1) is 22.9 Å². The molecule has 0 spiro atoms. The zero-order chi connectivity index (χ0) is 37.3. The van der Waals surface area contributed by atoms with Crippen LogP contribution in [0.2, 0.25) is 33.2 Å². The Balaban J connectivity index is 1.59. The van der Waals surface area contributed by atoms with E-state index in [9.17, 15) is 0 Å². The average Bonchev–Trinajstić information content (AvgIpc) is 3.89. The van der Waals surface area contributed by atoms with E-state index in [2.05, 4.69) is 153 Å². The third-order valence-electron chi connectivity index (χ3n) is 11.8. The van der Waals surface area contributed by atoms with Crippen molar-refractivity contribution >= 4 is 123 Å². The van der Waals surface area contributed by atoms with Crippen molar-refractivity contribution in [1.82, 2.24) is 0 Å². The van der Waals surface area contributed by atoms with Crippen LogP contribution in [0.25, 0.3) is 58.5 Å². The maximum absolute atomic E-state index is 4.17. The molecule has 7 rings (SSSR count). The summed E-state index contributed by atoms with van der Waals surface area (Å²) in [6, 6.07) is 14.3. The summed E-state index contributed by atoms with van der Waals surface area (Å²) in [5.41, 5.74) is 14.2. The van der Waals surface area contributed by atoms with Gasteiger partial charge in [-0.2, -0.15) is 0 Å². The van der Waals surface area contributed by atoms with E-state index in [0.29, 0.717) is 33.2 Å². The molecule has 0 fully saturated rings. The van der Waals surface area contributed by atoms with Crippen LogP contribution in [0.1, 0.15) is 94.2 Å². The van der Waals surface area contributed by atoms with Crippen molar-refractivity contribution in [3.05, 3.63) is 58.3 Å². The molecule has 0 saturated heterocycles. The van der Waals surface area contributed by atoms with Gasteiger partial charge in [-0.25, -0.2) is 0 Å². The second kappa shape index (κ2) is 14.6. The molecule has 0 amide bonds. The van der Waals surface area contributed by atoms with Gasteiger partial charge in [0, 0.05) is 49.1 Å². The molecule has 0 atom stereocenters. The first-order valence-electron chi connectivity index (χ1n) is 18.7. The molecule has 0 aliphatic rings. The van der Waals surface area contributed by atoms with Gasteiger partial charge in [0.15, 0.2) is 0 Å². The predicted octanol–water partition coefficient (Wildman–Crippen LogP) is 17.1. The molecular formula is C44H50S6Si2. The molecule has 0 bridgehead atoms. The van der Waals surface area contributed by atoms with E-state index in [1.54, 1.807) is 0 Å². The summed E-state index contributed by atoms with van der Waals surface area (Å²) in [5.74, 6) is 8.09. The van der Waals surface area contributed by atoms with E-state index >= 15 is 0 Å². The molecule has 6 aromatic heterocycles. The minimum absolute atomic E-state index is 0.576. The van der Waals surface area contributed by atoms with Crippen LogP contribution in [-0.4, -0.2) is 16.1 Å². The van der Waals surface area contributed by atoms with Crippen molar-refractivity contribution in [1.29, 1.82) is 0 Å². The third-order valence-corrected chi connectivity index (χ3v) is 31.2. The molecular weight excluding hydrogens is 777 g/mol. The number of benzene rings is 1. The lowest BCUT2D eigenvalue weighted by atomic mass is 10.0. The first-order valence-corrected chi connectivity index (χ1v) is 28.2. The third kappa shape index (κ3) is 6.28. The van der Waals surface area contributed by atoms with Crippen molar-refractivity contribution < 1.29 is 0 Å². The number of hydrogen-bond acceptors (Lipinski definition) is 6. The van der Waals surface area contributed by atoms with Gasteiger partial charge in [-0.15, -0.1) is 79.1 Å². The van der Waals surface area contributed by atoms with Crippen molar-refractivity contribution in [3.8, 4) is 42.4 Å². The topological polar surface area (TPSA) is 0 Å². The van der Waals surface area contributed by atoms with Gasteiger partial charge >= 0.3 is 0 Å². The highest BCUT2D eigenvalue weighted by molar-refractivity contribution is 7.33.